The minimum Gasteiger partial charge on any atom is -0.292 e. The quantitative estimate of drug-likeness (QED) is 0.930. The smallest absolute Gasteiger partial charge is 0.111 e. The summed E-state index contributed by atoms with van der Waals surface area (Å²) in [5, 5.41) is 7.29. The second kappa shape index (κ2) is 5.37. The summed E-state index contributed by atoms with van der Waals surface area (Å²) in [5.41, 5.74) is 4.13. The van der Waals surface area contributed by atoms with E-state index in [1.54, 1.807) is 0 Å². The van der Waals surface area contributed by atoms with Crippen molar-refractivity contribution in [3.63, 3.8) is 0 Å². The first-order chi connectivity index (χ1) is 9.65. The number of H-pyrrole nitrogens is 1. The van der Waals surface area contributed by atoms with E-state index in [4.69, 9.17) is 4.98 Å². The van der Waals surface area contributed by atoms with Gasteiger partial charge in [0.05, 0.1) is 17.4 Å². The van der Waals surface area contributed by atoms with Crippen molar-refractivity contribution >= 4 is 0 Å². The van der Waals surface area contributed by atoms with Crippen LogP contribution in [0.3, 0.4) is 0 Å². The number of rotatable bonds is 3. The van der Waals surface area contributed by atoms with Crippen molar-refractivity contribution in [1.29, 1.82) is 0 Å². The van der Waals surface area contributed by atoms with Crippen LogP contribution in [0.4, 0.5) is 0 Å². The Kier molecular flexibility index (Phi) is 3.57. The summed E-state index contributed by atoms with van der Waals surface area (Å²) in [6, 6.07) is 9.34. The fourth-order valence-electron chi connectivity index (χ4n) is 3.05. The molecule has 3 rings (SSSR count). The zero-order chi connectivity index (χ0) is 14.1. The van der Waals surface area contributed by atoms with Gasteiger partial charge in [0, 0.05) is 11.7 Å². The van der Waals surface area contributed by atoms with Gasteiger partial charge in [-0.1, -0.05) is 6.07 Å². The van der Waals surface area contributed by atoms with Crippen molar-refractivity contribution in [1.82, 2.24) is 20.1 Å². The van der Waals surface area contributed by atoms with E-state index in [0.29, 0.717) is 12.1 Å². The summed E-state index contributed by atoms with van der Waals surface area (Å²) >= 11 is 0. The fraction of sp³-hybridized carbons (Fsp3) is 0.500. The van der Waals surface area contributed by atoms with Crippen LogP contribution in [0, 0.1) is 6.92 Å². The van der Waals surface area contributed by atoms with E-state index < -0.39 is 0 Å². The fourth-order valence-corrected chi connectivity index (χ4v) is 3.05. The first-order valence-corrected chi connectivity index (χ1v) is 7.40. The molecule has 3 heterocycles. The van der Waals surface area contributed by atoms with Gasteiger partial charge in [-0.2, -0.15) is 5.10 Å². The Bertz CT molecular complexity index is 588. The Balaban J connectivity index is 1.91. The van der Waals surface area contributed by atoms with E-state index >= 15 is 0 Å². The highest BCUT2D eigenvalue weighted by molar-refractivity contribution is 5.54. The van der Waals surface area contributed by atoms with Gasteiger partial charge in [0.15, 0.2) is 0 Å². The van der Waals surface area contributed by atoms with E-state index in [-0.39, 0.29) is 0 Å². The predicted octanol–water partition coefficient (Wildman–Crippen LogP) is 3.33. The number of aryl methyl sites for hydroxylation is 1. The van der Waals surface area contributed by atoms with Crippen molar-refractivity contribution in [3.8, 4) is 11.4 Å². The molecular weight excluding hydrogens is 248 g/mol. The molecule has 1 aliphatic rings. The SMILES string of the molecule is Cc1cc(-c2cccc([C@H]3CCCN3C(C)C)n2)n[nH]1. The first-order valence-electron chi connectivity index (χ1n) is 7.40. The van der Waals surface area contributed by atoms with Gasteiger partial charge in [-0.05, 0) is 58.4 Å². The van der Waals surface area contributed by atoms with Gasteiger partial charge in [0.2, 0.25) is 0 Å². The molecule has 0 aromatic carbocycles. The lowest BCUT2D eigenvalue weighted by Crippen LogP contribution is -2.30. The molecule has 0 bridgehead atoms. The lowest BCUT2D eigenvalue weighted by molar-refractivity contribution is 0.202. The summed E-state index contributed by atoms with van der Waals surface area (Å²) in [5.74, 6) is 0. The minimum atomic E-state index is 0.454. The number of aromatic amines is 1. The van der Waals surface area contributed by atoms with Crippen molar-refractivity contribution in [2.75, 3.05) is 6.54 Å². The topological polar surface area (TPSA) is 44.8 Å². The van der Waals surface area contributed by atoms with Crippen LogP contribution in [0.1, 0.15) is 44.1 Å². The van der Waals surface area contributed by atoms with Gasteiger partial charge in [-0.15, -0.1) is 0 Å². The summed E-state index contributed by atoms with van der Waals surface area (Å²) in [6.07, 6.45) is 2.46. The molecule has 0 saturated carbocycles. The maximum atomic E-state index is 4.85. The average molecular weight is 270 g/mol. The Morgan fingerprint density at radius 3 is 2.85 bits per heavy atom. The number of likely N-dealkylation sites (tertiary alicyclic amines) is 1. The van der Waals surface area contributed by atoms with Crippen LogP contribution >= 0.6 is 0 Å². The Morgan fingerprint density at radius 2 is 2.15 bits per heavy atom. The predicted molar refractivity (Wildman–Crippen MR) is 80.4 cm³/mol. The van der Waals surface area contributed by atoms with Crippen molar-refractivity contribution in [2.45, 2.75) is 45.7 Å². The Morgan fingerprint density at radius 1 is 1.30 bits per heavy atom. The molecule has 0 radical (unpaired) electrons. The minimum absolute atomic E-state index is 0.454. The van der Waals surface area contributed by atoms with Crippen molar-refractivity contribution in [2.24, 2.45) is 0 Å². The van der Waals surface area contributed by atoms with Crippen molar-refractivity contribution in [3.05, 3.63) is 35.7 Å². The molecular formula is C16H22N4. The molecule has 1 N–H and O–H groups in total. The molecule has 0 unspecified atom stereocenters. The van der Waals surface area contributed by atoms with Crippen LogP contribution in [-0.2, 0) is 0 Å². The third-order valence-corrected chi connectivity index (χ3v) is 4.04. The molecule has 20 heavy (non-hydrogen) atoms. The number of hydrogen-bond donors (Lipinski definition) is 1. The third kappa shape index (κ3) is 2.48. The summed E-state index contributed by atoms with van der Waals surface area (Å²) in [6.45, 7) is 7.71. The second-order valence-corrected chi connectivity index (χ2v) is 5.87. The Labute approximate surface area is 120 Å². The number of hydrogen-bond acceptors (Lipinski definition) is 3. The molecule has 4 heteroatoms. The zero-order valence-electron chi connectivity index (χ0n) is 12.4. The number of nitrogens with zero attached hydrogens (tertiary/aromatic N) is 3. The van der Waals surface area contributed by atoms with Gasteiger partial charge < -0.3 is 0 Å². The van der Waals surface area contributed by atoms with Crippen LogP contribution in [-0.4, -0.2) is 32.7 Å². The van der Waals surface area contributed by atoms with Gasteiger partial charge in [0.25, 0.3) is 0 Å². The van der Waals surface area contributed by atoms with E-state index in [2.05, 4.69) is 41.1 Å². The van der Waals surface area contributed by atoms with E-state index in [9.17, 15) is 0 Å². The zero-order valence-corrected chi connectivity index (χ0v) is 12.4. The molecule has 1 fully saturated rings. The van der Waals surface area contributed by atoms with Gasteiger partial charge >= 0.3 is 0 Å². The van der Waals surface area contributed by atoms with Crippen LogP contribution < -0.4 is 0 Å². The molecule has 1 saturated heterocycles. The summed E-state index contributed by atoms with van der Waals surface area (Å²) in [7, 11) is 0. The molecule has 106 valence electrons. The standard InChI is InChI=1S/C16H22N4/c1-11(2)20-9-5-8-16(20)14-7-4-6-13(17-14)15-10-12(3)18-19-15/h4,6-7,10-11,16H,5,8-9H2,1-3H3,(H,18,19)/t16-/m1/s1. The van der Waals surface area contributed by atoms with E-state index in [1.807, 2.05) is 19.1 Å². The van der Waals surface area contributed by atoms with E-state index in [1.165, 1.54) is 25.1 Å². The average Bonchev–Trinajstić information content (AvgIpc) is 3.07. The highest BCUT2D eigenvalue weighted by Gasteiger charge is 2.28. The van der Waals surface area contributed by atoms with Crippen molar-refractivity contribution < 1.29 is 0 Å². The lowest BCUT2D eigenvalue weighted by atomic mass is 10.1. The molecule has 0 spiro atoms. The second-order valence-electron chi connectivity index (χ2n) is 5.87. The van der Waals surface area contributed by atoms with Crippen LogP contribution in [0.25, 0.3) is 11.4 Å². The maximum absolute atomic E-state index is 4.85. The van der Waals surface area contributed by atoms with Crippen LogP contribution in [0.5, 0.6) is 0 Å². The molecule has 4 nitrogen and oxygen atoms in total. The number of aromatic nitrogens is 3. The molecule has 2 aromatic heterocycles. The largest absolute Gasteiger partial charge is 0.292 e. The van der Waals surface area contributed by atoms with Gasteiger partial charge in [-0.25, -0.2) is 4.98 Å². The highest BCUT2D eigenvalue weighted by atomic mass is 15.2. The number of nitrogens with one attached hydrogen (secondary N) is 1. The van der Waals surface area contributed by atoms with E-state index in [0.717, 1.165) is 17.1 Å². The number of pyridine rings is 1. The van der Waals surface area contributed by atoms with Crippen LogP contribution in [0.2, 0.25) is 0 Å². The normalized spacial score (nSPS) is 19.9. The lowest BCUT2D eigenvalue weighted by Gasteiger charge is -2.28. The molecule has 1 aliphatic heterocycles. The monoisotopic (exact) mass is 270 g/mol. The summed E-state index contributed by atoms with van der Waals surface area (Å²) in [4.78, 5) is 7.39. The summed E-state index contributed by atoms with van der Waals surface area (Å²) < 4.78 is 0. The van der Waals surface area contributed by atoms with Gasteiger partial charge in [-0.3, -0.25) is 10.00 Å². The molecule has 1 atom stereocenters. The van der Waals surface area contributed by atoms with Gasteiger partial charge in [0.1, 0.15) is 5.69 Å². The Hall–Kier alpha value is -1.68. The highest BCUT2D eigenvalue weighted by Crippen LogP contribution is 2.33. The maximum Gasteiger partial charge on any atom is 0.111 e. The van der Waals surface area contributed by atoms with Crippen LogP contribution in [0.15, 0.2) is 24.3 Å². The third-order valence-electron chi connectivity index (χ3n) is 4.04. The first kappa shape index (κ1) is 13.3. The molecule has 2 aromatic rings. The molecule has 0 amide bonds. The molecule has 0 aliphatic carbocycles.